The van der Waals surface area contributed by atoms with Gasteiger partial charge < -0.3 is 11.1 Å². The summed E-state index contributed by atoms with van der Waals surface area (Å²) >= 11 is 1.40. The molecule has 1 unspecified atom stereocenters. The Bertz CT molecular complexity index is 599. The Morgan fingerprint density at radius 1 is 1.40 bits per heavy atom. The molecule has 7 heteroatoms. The lowest BCUT2D eigenvalue weighted by Gasteiger charge is -2.23. The number of nitrogen functional groups attached to an aromatic ring is 1. The van der Waals surface area contributed by atoms with E-state index < -0.39 is 15.4 Å². The van der Waals surface area contributed by atoms with E-state index >= 15 is 0 Å². The predicted octanol–water partition coefficient (Wildman–Crippen LogP) is 1.05. The first-order valence-electron chi connectivity index (χ1n) is 6.28. The molecule has 20 heavy (non-hydrogen) atoms. The van der Waals surface area contributed by atoms with Crippen LogP contribution >= 0.6 is 11.8 Å². The first-order valence-corrected chi connectivity index (χ1v) is 9.09. The van der Waals surface area contributed by atoms with Crippen LogP contribution in [-0.4, -0.2) is 37.1 Å². The Kier molecular flexibility index (Phi) is 4.29. The number of nitrogens with two attached hydrogens (primary N) is 1. The first kappa shape index (κ1) is 15.2. The molecule has 5 nitrogen and oxygen atoms in total. The summed E-state index contributed by atoms with van der Waals surface area (Å²) in [5, 5.41) is 2.83. The van der Waals surface area contributed by atoms with Crippen molar-refractivity contribution in [1.82, 2.24) is 5.32 Å². The minimum absolute atomic E-state index is 0.0261. The third-order valence-corrected chi connectivity index (χ3v) is 6.11. The van der Waals surface area contributed by atoms with Crippen LogP contribution in [0.2, 0.25) is 0 Å². The molecule has 0 saturated carbocycles. The van der Waals surface area contributed by atoms with Gasteiger partial charge in [-0.15, -0.1) is 11.8 Å². The summed E-state index contributed by atoms with van der Waals surface area (Å²) in [6, 6.07) is 7.28. The SMILES string of the molecule is CC1(NC(=O)CSc2ccc(N)cc2)CCS(=O)(=O)C1. The lowest BCUT2D eigenvalue weighted by Crippen LogP contribution is -2.47. The first-order chi connectivity index (χ1) is 9.28. The lowest BCUT2D eigenvalue weighted by atomic mass is 10.0. The van der Waals surface area contributed by atoms with E-state index in [1.54, 1.807) is 19.1 Å². The monoisotopic (exact) mass is 314 g/mol. The van der Waals surface area contributed by atoms with Crippen LogP contribution in [0, 0.1) is 0 Å². The topological polar surface area (TPSA) is 89.3 Å². The van der Waals surface area contributed by atoms with Crippen LogP contribution in [0.3, 0.4) is 0 Å². The average Bonchev–Trinajstić information content (AvgIpc) is 2.62. The fourth-order valence-electron chi connectivity index (χ4n) is 2.19. The maximum absolute atomic E-state index is 11.9. The molecule has 1 aromatic carbocycles. The van der Waals surface area contributed by atoms with E-state index in [-0.39, 0.29) is 23.2 Å². The molecule has 1 saturated heterocycles. The van der Waals surface area contributed by atoms with Gasteiger partial charge in [-0.25, -0.2) is 8.42 Å². The van der Waals surface area contributed by atoms with Gasteiger partial charge >= 0.3 is 0 Å². The van der Waals surface area contributed by atoms with Crippen LogP contribution < -0.4 is 11.1 Å². The highest BCUT2D eigenvalue weighted by molar-refractivity contribution is 8.00. The van der Waals surface area contributed by atoms with Crippen LogP contribution in [0.1, 0.15) is 13.3 Å². The summed E-state index contributed by atoms with van der Waals surface area (Å²) in [5.74, 6) is 0.290. The van der Waals surface area contributed by atoms with E-state index in [9.17, 15) is 13.2 Å². The molecule has 0 aromatic heterocycles. The molecule has 1 atom stereocenters. The van der Waals surface area contributed by atoms with Crippen molar-refractivity contribution in [3.63, 3.8) is 0 Å². The van der Waals surface area contributed by atoms with Gasteiger partial charge in [-0.1, -0.05) is 0 Å². The molecule has 1 aliphatic heterocycles. The molecule has 110 valence electrons. The second-order valence-electron chi connectivity index (χ2n) is 5.31. The van der Waals surface area contributed by atoms with Gasteiger partial charge in [0.05, 0.1) is 22.8 Å². The summed E-state index contributed by atoms with van der Waals surface area (Å²) in [6.45, 7) is 1.78. The van der Waals surface area contributed by atoms with Gasteiger partial charge in [-0.3, -0.25) is 4.79 Å². The molecule has 0 radical (unpaired) electrons. The highest BCUT2D eigenvalue weighted by Gasteiger charge is 2.39. The molecule has 0 aliphatic carbocycles. The van der Waals surface area contributed by atoms with E-state index in [2.05, 4.69) is 5.32 Å². The second-order valence-corrected chi connectivity index (χ2v) is 8.54. The maximum atomic E-state index is 11.9. The van der Waals surface area contributed by atoms with Crippen molar-refractivity contribution in [1.29, 1.82) is 0 Å². The van der Waals surface area contributed by atoms with Crippen molar-refractivity contribution >= 4 is 33.2 Å². The summed E-state index contributed by atoms with van der Waals surface area (Å²) in [6.07, 6.45) is 0.480. The van der Waals surface area contributed by atoms with Crippen molar-refractivity contribution in [2.45, 2.75) is 23.8 Å². The summed E-state index contributed by atoms with van der Waals surface area (Å²) in [7, 11) is -3.01. The number of rotatable bonds is 4. The molecular formula is C13H18N2O3S2. The Labute approximate surface area is 123 Å². The van der Waals surface area contributed by atoms with E-state index in [1.807, 2.05) is 12.1 Å². The van der Waals surface area contributed by atoms with Crippen LogP contribution in [-0.2, 0) is 14.6 Å². The van der Waals surface area contributed by atoms with E-state index in [0.717, 1.165) is 4.90 Å². The van der Waals surface area contributed by atoms with Crippen LogP contribution in [0.25, 0.3) is 0 Å². The van der Waals surface area contributed by atoms with Crippen molar-refractivity contribution < 1.29 is 13.2 Å². The number of hydrogen-bond acceptors (Lipinski definition) is 5. The highest BCUT2D eigenvalue weighted by Crippen LogP contribution is 2.24. The molecule has 1 amide bonds. The fourth-order valence-corrected chi connectivity index (χ4v) is 4.99. The number of hydrogen-bond donors (Lipinski definition) is 2. The number of sulfone groups is 1. The predicted molar refractivity (Wildman–Crippen MR) is 81.4 cm³/mol. The number of carbonyl (C=O) groups is 1. The molecule has 1 fully saturated rings. The number of nitrogens with one attached hydrogen (secondary N) is 1. The van der Waals surface area contributed by atoms with Crippen molar-refractivity contribution in [3.8, 4) is 0 Å². The fraction of sp³-hybridized carbons (Fsp3) is 0.462. The third kappa shape index (κ3) is 4.14. The van der Waals surface area contributed by atoms with Gasteiger partial charge in [0.15, 0.2) is 9.84 Å². The zero-order valence-electron chi connectivity index (χ0n) is 11.3. The zero-order valence-corrected chi connectivity index (χ0v) is 12.9. The summed E-state index contributed by atoms with van der Waals surface area (Å²) < 4.78 is 22.9. The lowest BCUT2D eigenvalue weighted by molar-refractivity contribution is -0.120. The molecular weight excluding hydrogens is 296 g/mol. The Balaban J connectivity index is 1.85. The molecule has 3 N–H and O–H groups in total. The van der Waals surface area contributed by atoms with Crippen molar-refractivity contribution in [2.75, 3.05) is 23.0 Å². The van der Waals surface area contributed by atoms with Gasteiger partial charge in [0.2, 0.25) is 5.91 Å². The minimum atomic E-state index is -3.01. The molecule has 0 bridgehead atoms. The molecule has 1 heterocycles. The normalized spacial score (nSPS) is 24.4. The average molecular weight is 314 g/mol. The Morgan fingerprint density at radius 2 is 2.05 bits per heavy atom. The van der Waals surface area contributed by atoms with Crippen molar-refractivity contribution in [2.24, 2.45) is 0 Å². The quantitative estimate of drug-likeness (QED) is 0.640. The van der Waals surface area contributed by atoms with Gasteiger partial charge in [0.25, 0.3) is 0 Å². The van der Waals surface area contributed by atoms with E-state index in [1.165, 1.54) is 11.8 Å². The third-order valence-electron chi connectivity index (χ3n) is 3.19. The number of thioether (sulfide) groups is 1. The highest BCUT2D eigenvalue weighted by atomic mass is 32.2. The molecule has 2 rings (SSSR count). The Morgan fingerprint density at radius 3 is 2.60 bits per heavy atom. The molecule has 0 spiro atoms. The molecule has 1 aromatic rings. The number of carbonyl (C=O) groups excluding carboxylic acids is 1. The smallest absolute Gasteiger partial charge is 0.230 e. The van der Waals surface area contributed by atoms with Gasteiger partial charge in [0, 0.05) is 10.6 Å². The zero-order chi connectivity index (χ0) is 14.8. The van der Waals surface area contributed by atoms with Crippen molar-refractivity contribution in [3.05, 3.63) is 24.3 Å². The van der Waals surface area contributed by atoms with Gasteiger partial charge in [-0.05, 0) is 37.6 Å². The van der Waals surface area contributed by atoms with Crippen LogP contribution in [0.15, 0.2) is 29.2 Å². The number of amides is 1. The number of anilines is 1. The Hall–Kier alpha value is -1.21. The molecule has 1 aliphatic rings. The minimum Gasteiger partial charge on any atom is -0.399 e. The summed E-state index contributed by atoms with van der Waals surface area (Å²) in [5.41, 5.74) is 5.64. The van der Waals surface area contributed by atoms with E-state index in [4.69, 9.17) is 5.73 Å². The van der Waals surface area contributed by atoms with Gasteiger partial charge in [-0.2, -0.15) is 0 Å². The van der Waals surface area contributed by atoms with E-state index in [0.29, 0.717) is 12.1 Å². The number of benzene rings is 1. The van der Waals surface area contributed by atoms with Crippen LogP contribution in [0.5, 0.6) is 0 Å². The summed E-state index contributed by atoms with van der Waals surface area (Å²) in [4.78, 5) is 12.9. The largest absolute Gasteiger partial charge is 0.399 e. The van der Waals surface area contributed by atoms with Crippen LogP contribution in [0.4, 0.5) is 5.69 Å². The maximum Gasteiger partial charge on any atom is 0.230 e. The second kappa shape index (κ2) is 5.65. The van der Waals surface area contributed by atoms with Gasteiger partial charge in [0.1, 0.15) is 0 Å². The standard InChI is InChI=1S/C13H18N2O3S2/c1-13(6-7-20(17,18)9-13)15-12(16)8-19-11-4-2-10(14)3-5-11/h2-5H,6-9,14H2,1H3,(H,15,16).